The van der Waals surface area contributed by atoms with E-state index in [9.17, 15) is 9.18 Å². The summed E-state index contributed by atoms with van der Waals surface area (Å²) in [5, 5.41) is 7.61. The van der Waals surface area contributed by atoms with Crippen LogP contribution in [0.15, 0.2) is 59.5 Å². The number of hydrogen-bond donors (Lipinski definition) is 2. The second-order valence-corrected chi connectivity index (χ2v) is 5.30. The standard InChI is InChI=1S/C17H13FN4O/c18-12-4-3-5-13(9-12)22-16(20-21-17(22)23)8-11-10-19-15-7-2-1-6-14(11)15/h1-7,9-10,19H,8H2,(H,21,23). The van der Waals surface area contributed by atoms with Crippen LogP contribution in [0, 0.1) is 5.82 Å². The van der Waals surface area contributed by atoms with Crippen LogP contribution < -0.4 is 5.69 Å². The summed E-state index contributed by atoms with van der Waals surface area (Å²) in [6.45, 7) is 0. The Balaban J connectivity index is 1.80. The average Bonchev–Trinajstić information content (AvgIpc) is 3.12. The number of benzene rings is 2. The summed E-state index contributed by atoms with van der Waals surface area (Å²) < 4.78 is 14.9. The molecule has 0 aliphatic rings. The molecule has 0 aliphatic heterocycles. The van der Waals surface area contributed by atoms with Crippen LogP contribution in [0.4, 0.5) is 4.39 Å². The Kier molecular flexibility index (Phi) is 3.08. The first kappa shape index (κ1) is 13.5. The summed E-state index contributed by atoms with van der Waals surface area (Å²) in [4.78, 5) is 15.3. The molecular formula is C17H13FN4O. The number of rotatable bonds is 3. The fourth-order valence-corrected chi connectivity index (χ4v) is 2.78. The van der Waals surface area contributed by atoms with Gasteiger partial charge in [-0.1, -0.05) is 24.3 Å². The molecule has 0 spiro atoms. The van der Waals surface area contributed by atoms with Crippen LogP contribution in [-0.2, 0) is 6.42 Å². The Hall–Kier alpha value is -3.15. The zero-order valence-electron chi connectivity index (χ0n) is 12.1. The summed E-state index contributed by atoms with van der Waals surface area (Å²) >= 11 is 0. The Bertz CT molecular complexity index is 1040. The molecule has 0 bridgehead atoms. The van der Waals surface area contributed by atoms with Gasteiger partial charge in [-0.2, -0.15) is 5.10 Å². The van der Waals surface area contributed by atoms with E-state index in [1.54, 1.807) is 12.1 Å². The van der Waals surface area contributed by atoms with Gasteiger partial charge in [-0.3, -0.25) is 0 Å². The molecule has 2 heterocycles. The van der Waals surface area contributed by atoms with Gasteiger partial charge in [-0.15, -0.1) is 0 Å². The number of halogens is 1. The quantitative estimate of drug-likeness (QED) is 0.611. The van der Waals surface area contributed by atoms with Gasteiger partial charge in [-0.25, -0.2) is 18.9 Å². The molecule has 2 aromatic carbocycles. The van der Waals surface area contributed by atoms with Crippen molar-refractivity contribution >= 4 is 10.9 Å². The number of nitrogens with zero attached hydrogens (tertiary/aromatic N) is 2. The SMILES string of the molecule is O=c1[nH]nc(Cc2c[nH]c3ccccc23)n1-c1cccc(F)c1. The highest BCUT2D eigenvalue weighted by Gasteiger charge is 2.13. The fourth-order valence-electron chi connectivity index (χ4n) is 2.78. The zero-order valence-corrected chi connectivity index (χ0v) is 12.1. The molecule has 0 atom stereocenters. The molecule has 0 saturated carbocycles. The fraction of sp³-hybridized carbons (Fsp3) is 0.0588. The minimum absolute atomic E-state index is 0.384. The monoisotopic (exact) mass is 308 g/mol. The summed E-state index contributed by atoms with van der Waals surface area (Å²) in [6.07, 6.45) is 2.36. The highest BCUT2D eigenvalue weighted by Crippen LogP contribution is 2.20. The van der Waals surface area contributed by atoms with E-state index in [-0.39, 0.29) is 5.69 Å². The van der Waals surface area contributed by atoms with Gasteiger partial charge in [0.1, 0.15) is 11.6 Å². The van der Waals surface area contributed by atoms with Crippen molar-refractivity contribution in [3.05, 3.63) is 82.4 Å². The first-order valence-electron chi connectivity index (χ1n) is 7.19. The second kappa shape index (κ2) is 5.24. The molecule has 114 valence electrons. The number of H-pyrrole nitrogens is 2. The zero-order chi connectivity index (χ0) is 15.8. The maximum atomic E-state index is 13.5. The van der Waals surface area contributed by atoms with E-state index in [1.165, 1.54) is 16.7 Å². The van der Waals surface area contributed by atoms with E-state index in [0.29, 0.717) is 17.9 Å². The van der Waals surface area contributed by atoms with Crippen molar-refractivity contribution in [1.82, 2.24) is 19.7 Å². The third kappa shape index (κ3) is 2.34. The lowest BCUT2D eigenvalue weighted by Gasteiger charge is -2.05. The molecule has 2 aromatic heterocycles. The van der Waals surface area contributed by atoms with E-state index in [2.05, 4.69) is 15.2 Å². The summed E-state index contributed by atoms with van der Waals surface area (Å²) in [6, 6.07) is 13.8. The van der Waals surface area contributed by atoms with Crippen molar-refractivity contribution in [1.29, 1.82) is 0 Å². The molecule has 5 nitrogen and oxygen atoms in total. The minimum atomic E-state index is -0.395. The lowest BCUT2D eigenvalue weighted by atomic mass is 10.1. The van der Waals surface area contributed by atoms with Crippen molar-refractivity contribution in [3.63, 3.8) is 0 Å². The average molecular weight is 308 g/mol. The van der Waals surface area contributed by atoms with Crippen LogP contribution in [0.1, 0.15) is 11.4 Å². The van der Waals surface area contributed by atoms with E-state index < -0.39 is 5.82 Å². The molecule has 4 aromatic rings. The third-order valence-corrected chi connectivity index (χ3v) is 3.83. The first-order chi connectivity index (χ1) is 11.2. The number of para-hydroxylation sites is 1. The Morgan fingerprint density at radius 2 is 2.00 bits per heavy atom. The van der Waals surface area contributed by atoms with Gasteiger partial charge in [0.2, 0.25) is 0 Å². The molecule has 0 aliphatic carbocycles. The molecule has 6 heteroatoms. The first-order valence-corrected chi connectivity index (χ1v) is 7.19. The second-order valence-electron chi connectivity index (χ2n) is 5.30. The molecule has 0 fully saturated rings. The van der Waals surface area contributed by atoms with E-state index in [4.69, 9.17) is 0 Å². The summed E-state index contributed by atoms with van der Waals surface area (Å²) in [5.41, 5.74) is 2.12. The molecule has 4 rings (SSSR count). The molecule has 0 amide bonds. The van der Waals surface area contributed by atoms with Crippen molar-refractivity contribution < 1.29 is 4.39 Å². The van der Waals surface area contributed by atoms with Crippen LogP contribution in [-0.4, -0.2) is 19.7 Å². The Morgan fingerprint density at radius 3 is 2.87 bits per heavy atom. The molecule has 2 N–H and O–H groups in total. The molecule has 0 unspecified atom stereocenters. The predicted octanol–water partition coefficient (Wildman–Crippen LogP) is 2.77. The van der Waals surface area contributed by atoms with Gasteiger partial charge >= 0.3 is 5.69 Å². The van der Waals surface area contributed by atoms with E-state index >= 15 is 0 Å². The number of hydrogen-bond acceptors (Lipinski definition) is 2. The lowest BCUT2D eigenvalue weighted by Crippen LogP contribution is -2.17. The van der Waals surface area contributed by atoms with Gasteiger partial charge in [0.25, 0.3) is 0 Å². The highest BCUT2D eigenvalue weighted by molar-refractivity contribution is 5.83. The van der Waals surface area contributed by atoms with Gasteiger partial charge in [0, 0.05) is 23.5 Å². The van der Waals surface area contributed by atoms with Gasteiger partial charge in [-0.05, 0) is 29.8 Å². The lowest BCUT2D eigenvalue weighted by molar-refractivity contribution is 0.626. The van der Waals surface area contributed by atoms with Crippen LogP contribution in [0.25, 0.3) is 16.6 Å². The van der Waals surface area contributed by atoms with Gasteiger partial charge < -0.3 is 4.98 Å². The van der Waals surface area contributed by atoms with Crippen LogP contribution >= 0.6 is 0 Å². The minimum Gasteiger partial charge on any atom is -0.361 e. The number of fused-ring (bicyclic) bond motifs is 1. The van der Waals surface area contributed by atoms with E-state index in [1.807, 2.05) is 30.5 Å². The number of aromatic nitrogens is 4. The summed E-state index contributed by atoms with van der Waals surface area (Å²) in [7, 11) is 0. The van der Waals surface area contributed by atoms with Crippen molar-refractivity contribution in [2.45, 2.75) is 6.42 Å². The van der Waals surface area contributed by atoms with Crippen LogP contribution in [0.5, 0.6) is 0 Å². The molecule has 0 saturated heterocycles. The van der Waals surface area contributed by atoms with Crippen LogP contribution in [0.3, 0.4) is 0 Å². The van der Waals surface area contributed by atoms with Gasteiger partial charge in [0.05, 0.1) is 5.69 Å². The maximum Gasteiger partial charge on any atom is 0.347 e. The predicted molar refractivity (Wildman–Crippen MR) is 85.2 cm³/mol. The van der Waals surface area contributed by atoms with Crippen LogP contribution in [0.2, 0.25) is 0 Å². The Morgan fingerprint density at radius 1 is 1.13 bits per heavy atom. The highest BCUT2D eigenvalue weighted by atomic mass is 19.1. The molecule has 0 radical (unpaired) electrons. The third-order valence-electron chi connectivity index (χ3n) is 3.83. The van der Waals surface area contributed by atoms with Crippen molar-refractivity contribution in [2.75, 3.05) is 0 Å². The molecular weight excluding hydrogens is 295 g/mol. The van der Waals surface area contributed by atoms with E-state index in [0.717, 1.165) is 16.5 Å². The Labute approximate surface area is 130 Å². The van der Waals surface area contributed by atoms with Crippen molar-refractivity contribution in [2.24, 2.45) is 0 Å². The maximum absolute atomic E-state index is 13.5. The largest absolute Gasteiger partial charge is 0.361 e. The number of nitrogens with one attached hydrogen (secondary N) is 2. The topological polar surface area (TPSA) is 66.5 Å². The number of aromatic amines is 2. The smallest absolute Gasteiger partial charge is 0.347 e. The molecule has 23 heavy (non-hydrogen) atoms. The normalized spacial score (nSPS) is 11.2. The van der Waals surface area contributed by atoms with Crippen molar-refractivity contribution in [3.8, 4) is 5.69 Å². The summed E-state index contributed by atoms with van der Waals surface area (Å²) in [5.74, 6) is 0.138. The van der Waals surface area contributed by atoms with Gasteiger partial charge in [0.15, 0.2) is 0 Å².